The fraction of sp³-hybridized carbons (Fsp3) is 0.462. The van der Waals surface area contributed by atoms with E-state index < -0.39 is 21.7 Å². The first kappa shape index (κ1) is 14.7. The molecule has 0 fully saturated rings. The van der Waals surface area contributed by atoms with Crippen LogP contribution in [-0.4, -0.2) is 31.0 Å². The number of hydrogen-bond acceptors (Lipinski definition) is 3. The van der Waals surface area contributed by atoms with Crippen LogP contribution < -0.4 is 0 Å². The van der Waals surface area contributed by atoms with Crippen molar-refractivity contribution in [3.05, 3.63) is 35.4 Å². The lowest BCUT2D eigenvalue weighted by Crippen LogP contribution is -2.18. The summed E-state index contributed by atoms with van der Waals surface area (Å²) in [5.74, 6) is -1.77. The molecule has 0 aliphatic carbocycles. The number of aliphatic carboxylic acids is 1. The number of rotatable bonds is 6. The molecule has 0 aliphatic heterocycles. The SMILES string of the molecule is CCS(=O)(=O)CCC(C(=O)O)c1ccccc1C. The lowest BCUT2D eigenvalue weighted by molar-refractivity contribution is -0.138. The van der Waals surface area contributed by atoms with E-state index in [2.05, 4.69) is 0 Å². The zero-order valence-electron chi connectivity index (χ0n) is 10.6. The Morgan fingerprint density at radius 3 is 2.44 bits per heavy atom. The number of carbonyl (C=O) groups is 1. The second-order valence-corrected chi connectivity index (χ2v) is 6.75. The normalized spacial score (nSPS) is 13.2. The highest BCUT2D eigenvalue weighted by Crippen LogP contribution is 2.24. The zero-order chi connectivity index (χ0) is 13.8. The average Bonchev–Trinajstić information content (AvgIpc) is 2.31. The topological polar surface area (TPSA) is 71.4 Å². The van der Waals surface area contributed by atoms with Gasteiger partial charge in [-0.05, 0) is 24.5 Å². The largest absolute Gasteiger partial charge is 0.481 e. The van der Waals surface area contributed by atoms with Gasteiger partial charge in [-0.3, -0.25) is 4.79 Å². The lowest BCUT2D eigenvalue weighted by Gasteiger charge is -2.14. The number of hydrogen-bond donors (Lipinski definition) is 1. The molecule has 18 heavy (non-hydrogen) atoms. The van der Waals surface area contributed by atoms with Crippen LogP contribution in [0.25, 0.3) is 0 Å². The maximum atomic E-state index is 11.4. The molecule has 1 rings (SSSR count). The van der Waals surface area contributed by atoms with Crippen LogP contribution in [0, 0.1) is 6.92 Å². The van der Waals surface area contributed by atoms with E-state index in [0.717, 1.165) is 5.56 Å². The minimum absolute atomic E-state index is 0.0487. The Kier molecular flexibility index (Phi) is 4.90. The van der Waals surface area contributed by atoms with Gasteiger partial charge in [0.1, 0.15) is 9.84 Å². The van der Waals surface area contributed by atoms with Gasteiger partial charge >= 0.3 is 5.97 Å². The van der Waals surface area contributed by atoms with Crippen LogP contribution in [0.4, 0.5) is 0 Å². The number of benzene rings is 1. The monoisotopic (exact) mass is 270 g/mol. The molecule has 5 heteroatoms. The van der Waals surface area contributed by atoms with E-state index in [4.69, 9.17) is 0 Å². The van der Waals surface area contributed by atoms with Gasteiger partial charge in [0.2, 0.25) is 0 Å². The fourth-order valence-corrected chi connectivity index (χ4v) is 2.72. The van der Waals surface area contributed by atoms with Crippen LogP contribution in [0.3, 0.4) is 0 Å². The third-order valence-corrected chi connectivity index (χ3v) is 4.76. The molecule has 0 bridgehead atoms. The Morgan fingerprint density at radius 1 is 1.33 bits per heavy atom. The van der Waals surface area contributed by atoms with Crippen LogP contribution in [-0.2, 0) is 14.6 Å². The molecule has 0 aromatic heterocycles. The van der Waals surface area contributed by atoms with E-state index in [0.29, 0.717) is 5.56 Å². The van der Waals surface area contributed by atoms with E-state index in [-0.39, 0.29) is 17.9 Å². The van der Waals surface area contributed by atoms with Gasteiger partial charge in [-0.2, -0.15) is 0 Å². The van der Waals surface area contributed by atoms with E-state index >= 15 is 0 Å². The molecule has 0 amide bonds. The molecular formula is C13H18O4S. The van der Waals surface area contributed by atoms with Crippen LogP contribution in [0.15, 0.2) is 24.3 Å². The van der Waals surface area contributed by atoms with E-state index in [9.17, 15) is 18.3 Å². The predicted molar refractivity (Wildman–Crippen MR) is 70.5 cm³/mol. The van der Waals surface area contributed by atoms with E-state index in [1.807, 2.05) is 19.1 Å². The first-order chi connectivity index (χ1) is 8.37. The second-order valence-electron chi connectivity index (χ2n) is 4.27. The van der Waals surface area contributed by atoms with Gasteiger partial charge < -0.3 is 5.11 Å². The molecule has 4 nitrogen and oxygen atoms in total. The molecule has 100 valence electrons. The van der Waals surface area contributed by atoms with Crippen molar-refractivity contribution in [3.8, 4) is 0 Å². The van der Waals surface area contributed by atoms with Crippen LogP contribution in [0.1, 0.15) is 30.4 Å². The molecule has 1 aromatic rings. The Balaban J connectivity index is 2.92. The van der Waals surface area contributed by atoms with Gasteiger partial charge in [-0.25, -0.2) is 8.42 Å². The standard InChI is InChI=1S/C13H18O4S/c1-3-18(16,17)9-8-12(13(14)15)11-7-5-4-6-10(11)2/h4-7,12H,3,8-9H2,1-2H3,(H,14,15). The van der Waals surface area contributed by atoms with Gasteiger partial charge in [0.15, 0.2) is 0 Å². The summed E-state index contributed by atoms with van der Waals surface area (Å²) in [5.41, 5.74) is 1.56. The summed E-state index contributed by atoms with van der Waals surface area (Å²) < 4.78 is 22.9. The summed E-state index contributed by atoms with van der Waals surface area (Å²) >= 11 is 0. The molecule has 0 saturated heterocycles. The fourth-order valence-electron chi connectivity index (χ4n) is 1.83. The van der Waals surface area contributed by atoms with Crippen molar-refractivity contribution in [2.24, 2.45) is 0 Å². The zero-order valence-corrected chi connectivity index (χ0v) is 11.4. The van der Waals surface area contributed by atoms with Crippen molar-refractivity contribution in [1.29, 1.82) is 0 Å². The van der Waals surface area contributed by atoms with Crippen molar-refractivity contribution in [2.75, 3.05) is 11.5 Å². The molecule has 0 radical (unpaired) electrons. The molecule has 0 saturated carbocycles. The molecule has 1 unspecified atom stereocenters. The Hall–Kier alpha value is -1.36. The molecule has 0 spiro atoms. The number of carboxylic acid groups (broad SMARTS) is 1. The van der Waals surface area contributed by atoms with Gasteiger partial charge in [0, 0.05) is 5.75 Å². The van der Waals surface area contributed by atoms with Gasteiger partial charge in [-0.15, -0.1) is 0 Å². The predicted octanol–water partition coefficient (Wildman–Crippen LogP) is 1.99. The highest BCUT2D eigenvalue weighted by atomic mass is 32.2. The van der Waals surface area contributed by atoms with E-state index in [1.165, 1.54) is 0 Å². The number of sulfone groups is 1. The number of carboxylic acids is 1. The summed E-state index contributed by atoms with van der Waals surface area (Å²) in [5, 5.41) is 9.23. The Labute approximate surface area is 108 Å². The highest BCUT2D eigenvalue weighted by molar-refractivity contribution is 7.91. The Morgan fingerprint density at radius 2 is 1.94 bits per heavy atom. The summed E-state index contributed by atoms with van der Waals surface area (Å²) in [6.45, 7) is 3.40. The maximum absolute atomic E-state index is 11.4. The quantitative estimate of drug-likeness (QED) is 0.858. The van der Waals surface area contributed by atoms with Crippen LogP contribution in [0.2, 0.25) is 0 Å². The summed E-state index contributed by atoms with van der Waals surface area (Å²) in [6.07, 6.45) is 0.121. The van der Waals surface area contributed by atoms with Crippen molar-refractivity contribution in [1.82, 2.24) is 0 Å². The van der Waals surface area contributed by atoms with Gasteiger partial charge in [0.25, 0.3) is 0 Å². The van der Waals surface area contributed by atoms with Gasteiger partial charge in [0.05, 0.1) is 11.7 Å². The maximum Gasteiger partial charge on any atom is 0.311 e. The first-order valence-electron chi connectivity index (χ1n) is 5.86. The summed E-state index contributed by atoms with van der Waals surface area (Å²) in [7, 11) is -3.13. The van der Waals surface area contributed by atoms with Gasteiger partial charge in [-0.1, -0.05) is 31.2 Å². The van der Waals surface area contributed by atoms with Crippen molar-refractivity contribution in [2.45, 2.75) is 26.2 Å². The molecule has 1 N–H and O–H groups in total. The number of aryl methyl sites for hydroxylation is 1. The van der Waals surface area contributed by atoms with E-state index in [1.54, 1.807) is 19.1 Å². The minimum atomic E-state index is -3.13. The molecule has 1 atom stereocenters. The lowest BCUT2D eigenvalue weighted by atomic mass is 9.93. The first-order valence-corrected chi connectivity index (χ1v) is 7.68. The third-order valence-electron chi connectivity index (χ3n) is 3.02. The molecule has 0 heterocycles. The summed E-state index contributed by atoms with van der Waals surface area (Å²) in [4.78, 5) is 11.3. The molecular weight excluding hydrogens is 252 g/mol. The third kappa shape index (κ3) is 3.84. The van der Waals surface area contributed by atoms with Crippen molar-refractivity contribution < 1.29 is 18.3 Å². The average molecular weight is 270 g/mol. The summed E-state index contributed by atoms with van der Waals surface area (Å²) in [6, 6.07) is 7.18. The van der Waals surface area contributed by atoms with Crippen LogP contribution in [0.5, 0.6) is 0 Å². The Bertz CT molecular complexity index is 520. The second kappa shape index (κ2) is 6.00. The van der Waals surface area contributed by atoms with Crippen LogP contribution >= 0.6 is 0 Å². The molecule has 1 aromatic carbocycles. The smallest absolute Gasteiger partial charge is 0.311 e. The van der Waals surface area contributed by atoms with Crippen molar-refractivity contribution in [3.63, 3.8) is 0 Å². The highest BCUT2D eigenvalue weighted by Gasteiger charge is 2.23. The molecule has 0 aliphatic rings. The van der Waals surface area contributed by atoms with Crippen molar-refractivity contribution >= 4 is 15.8 Å². The minimum Gasteiger partial charge on any atom is -0.481 e.